The summed E-state index contributed by atoms with van der Waals surface area (Å²) in [6.45, 7) is 13.7. The van der Waals surface area contributed by atoms with Gasteiger partial charge in [-0.05, 0) is 12.8 Å². The molecule has 2 nitrogen and oxygen atoms in total. The van der Waals surface area contributed by atoms with Gasteiger partial charge in [-0.2, -0.15) is 0 Å². The Balaban J connectivity index is 3.86. The molecule has 0 aliphatic rings. The highest BCUT2D eigenvalue weighted by atomic mass is 32.2. The van der Waals surface area contributed by atoms with E-state index >= 15 is 0 Å². The zero-order valence-electron chi connectivity index (χ0n) is 11.0. The largest absolute Gasteiger partial charge is 0.238 e. The molecule has 0 aromatic rings. The van der Waals surface area contributed by atoms with E-state index in [4.69, 9.17) is 0 Å². The third kappa shape index (κ3) is 8.12. The summed E-state index contributed by atoms with van der Waals surface area (Å²) < 4.78 is 4.95. The topological polar surface area (TPSA) is 6.48 Å². The van der Waals surface area contributed by atoms with Gasteiger partial charge in [0, 0.05) is 38.3 Å². The molecule has 0 fully saturated rings. The fraction of sp³-hybridized carbons (Fsp3) is 1.00. The first-order valence-corrected chi connectivity index (χ1v) is 7.19. The molecule has 0 aliphatic heterocycles. The molecule has 0 atom stereocenters. The summed E-state index contributed by atoms with van der Waals surface area (Å²) >= 11 is 1.94. The molecular weight excluding hydrogens is 204 g/mol. The van der Waals surface area contributed by atoms with E-state index in [9.17, 15) is 0 Å². The SMILES string of the molecule is CCCCN(CCCC)SN(CC)CC. The van der Waals surface area contributed by atoms with E-state index in [1.54, 1.807) is 0 Å². The number of unbranched alkanes of at least 4 members (excludes halogenated alkanes) is 2. The Morgan fingerprint density at radius 3 is 1.53 bits per heavy atom. The molecule has 0 saturated carbocycles. The van der Waals surface area contributed by atoms with Gasteiger partial charge in [-0.1, -0.05) is 40.5 Å². The van der Waals surface area contributed by atoms with Gasteiger partial charge in [-0.15, -0.1) is 0 Å². The van der Waals surface area contributed by atoms with Gasteiger partial charge in [-0.3, -0.25) is 0 Å². The Hall–Kier alpha value is 0.270. The minimum atomic E-state index is 1.13. The van der Waals surface area contributed by atoms with Crippen LogP contribution in [0.1, 0.15) is 53.4 Å². The van der Waals surface area contributed by atoms with Crippen molar-refractivity contribution in [1.29, 1.82) is 0 Å². The molecule has 0 heterocycles. The van der Waals surface area contributed by atoms with Crippen LogP contribution in [0.15, 0.2) is 0 Å². The van der Waals surface area contributed by atoms with Gasteiger partial charge >= 0.3 is 0 Å². The van der Waals surface area contributed by atoms with Gasteiger partial charge in [0.05, 0.1) is 0 Å². The Kier molecular flexibility index (Phi) is 11.0. The minimum Gasteiger partial charge on any atom is -0.238 e. The highest BCUT2D eigenvalue weighted by molar-refractivity contribution is 7.94. The monoisotopic (exact) mass is 232 g/mol. The minimum absolute atomic E-state index is 1.13. The van der Waals surface area contributed by atoms with E-state index < -0.39 is 0 Å². The average Bonchev–Trinajstić information content (AvgIpc) is 2.28. The van der Waals surface area contributed by atoms with Crippen LogP contribution in [0, 0.1) is 0 Å². The molecule has 92 valence electrons. The number of hydrogen-bond donors (Lipinski definition) is 0. The maximum atomic E-state index is 2.53. The third-order valence-corrected chi connectivity index (χ3v) is 3.80. The van der Waals surface area contributed by atoms with Crippen LogP contribution in [-0.4, -0.2) is 34.8 Å². The Morgan fingerprint density at radius 1 is 0.733 bits per heavy atom. The van der Waals surface area contributed by atoms with Crippen molar-refractivity contribution >= 4 is 12.1 Å². The summed E-state index contributed by atoms with van der Waals surface area (Å²) in [7, 11) is 0. The van der Waals surface area contributed by atoms with Crippen molar-refractivity contribution in [2.24, 2.45) is 0 Å². The van der Waals surface area contributed by atoms with Gasteiger partial charge in [0.15, 0.2) is 0 Å². The maximum absolute atomic E-state index is 2.53. The van der Waals surface area contributed by atoms with Gasteiger partial charge in [-0.25, -0.2) is 8.61 Å². The molecule has 0 saturated heterocycles. The smallest absolute Gasteiger partial charge is 0.0101 e. The fourth-order valence-corrected chi connectivity index (χ4v) is 2.34. The van der Waals surface area contributed by atoms with Crippen LogP contribution >= 0.6 is 12.1 Å². The quantitative estimate of drug-likeness (QED) is 0.529. The van der Waals surface area contributed by atoms with Gasteiger partial charge in [0.1, 0.15) is 0 Å². The molecule has 0 aromatic carbocycles. The standard InChI is InChI=1S/C12H28N2S/c1-5-9-11-14(12-10-6-2)15-13(7-3)8-4/h5-12H2,1-4H3. The summed E-state index contributed by atoms with van der Waals surface area (Å²) in [6.07, 6.45) is 5.22. The first-order chi connectivity index (χ1) is 7.28. The second-order valence-corrected chi connectivity index (χ2v) is 5.03. The van der Waals surface area contributed by atoms with Crippen LogP contribution in [0.25, 0.3) is 0 Å². The van der Waals surface area contributed by atoms with Gasteiger partial charge in [0.25, 0.3) is 0 Å². The normalized spacial score (nSPS) is 11.6. The number of rotatable bonds is 10. The number of nitrogens with zero attached hydrogens (tertiary/aromatic N) is 2. The van der Waals surface area contributed by atoms with Crippen LogP contribution in [0.2, 0.25) is 0 Å². The van der Waals surface area contributed by atoms with Gasteiger partial charge in [0.2, 0.25) is 0 Å². The first-order valence-electron chi connectivity index (χ1n) is 6.46. The molecule has 0 N–H and O–H groups in total. The lowest BCUT2D eigenvalue weighted by molar-refractivity contribution is 0.411. The lowest BCUT2D eigenvalue weighted by Crippen LogP contribution is -2.26. The fourth-order valence-electron chi connectivity index (χ4n) is 1.36. The molecule has 15 heavy (non-hydrogen) atoms. The predicted octanol–water partition coefficient (Wildman–Crippen LogP) is 3.79. The van der Waals surface area contributed by atoms with Crippen molar-refractivity contribution in [3.8, 4) is 0 Å². The highest BCUT2D eigenvalue weighted by Crippen LogP contribution is 2.17. The highest BCUT2D eigenvalue weighted by Gasteiger charge is 2.08. The summed E-state index contributed by atoms with van der Waals surface area (Å²) in [5, 5.41) is 0. The van der Waals surface area contributed by atoms with Crippen LogP contribution < -0.4 is 0 Å². The van der Waals surface area contributed by atoms with E-state index in [0.717, 1.165) is 13.1 Å². The second-order valence-electron chi connectivity index (χ2n) is 3.83. The number of hydrogen-bond acceptors (Lipinski definition) is 3. The van der Waals surface area contributed by atoms with Crippen molar-refractivity contribution in [1.82, 2.24) is 8.61 Å². The second kappa shape index (κ2) is 10.8. The molecule has 3 heteroatoms. The zero-order chi connectivity index (χ0) is 11.5. The van der Waals surface area contributed by atoms with E-state index in [0.29, 0.717) is 0 Å². The lowest BCUT2D eigenvalue weighted by atomic mass is 10.3. The van der Waals surface area contributed by atoms with Crippen molar-refractivity contribution in [3.63, 3.8) is 0 Å². The summed E-state index contributed by atoms with van der Waals surface area (Å²) in [6, 6.07) is 0. The Labute approximate surface area is 101 Å². The van der Waals surface area contributed by atoms with Crippen LogP contribution in [0.5, 0.6) is 0 Å². The van der Waals surface area contributed by atoms with E-state index in [1.165, 1.54) is 38.8 Å². The third-order valence-electron chi connectivity index (χ3n) is 2.46. The predicted molar refractivity (Wildman–Crippen MR) is 71.9 cm³/mol. The molecule has 0 unspecified atom stereocenters. The molecule has 0 amide bonds. The molecule has 0 aliphatic carbocycles. The summed E-state index contributed by atoms with van der Waals surface area (Å²) in [5.41, 5.74) is 0. The Bertz CT molecular complexity index is 119. The first kappa shape index (κ1) is 15.3. The van der Waals surface area contributed by atoms with Crippen LogP contribution in [-0.2, 0) is 0 Å². The molecular formula is C12H28N2S. The Morgan fingerprint density at radius 2 is 1.20 bits per heavy atom. The van der Waals surface area contributed by atoms with Crippen molar-refractivity contribution in [2.45, 2.75) is 53.4 Å². The molecule has 0 rings (SSSR count). The van der Waals surface area contributed by atoms with E-state index in [-0.39, 0.29) is 0 Å². The van der Waals surface area contributed by atoms with Gasteiger partial charge < -0.3 is 0 Å². The van der Waals surface area contributed by atoms with Crippen molar-refractivity contribution in [3.05, 3.63) is 0 Å². The maximum Gasteiger partial charge on any atom is 0.0101 e. The van der Waals surface area contributed by atoms with Crippen LogP contribution in [0.3, 0.4) is 0 Å². The summed E-state index contributed by atoms with van der Waals surface area (Å²) in [4.78, 5) is 0. The van der Waals surface area contributed by atoms with Crippen molar-refractivity contribution < 1.29 is 0 Å². The zero-order valence-corrected chi connectivity index (χ0v) is 11.8. The van der Waals surface area contributed by atoms with Crippen LogP contribution in [0.4, 0.5) is 0 Å². The molecule has 0 bridgehead atoms. The lowest BCUT2D eigenvalue weighted by Gasteiger charge is -2.26. The van der Waals surface area contributed by atoms with E-state index in [1.807, 2.05) is 12.1 Å². The molecule has 0 radical (unpaired) electrons. The molecule has 0 spiro atoms. The van der Waals surface area contributed by atoms with Crippen molar-refractivity contribution in [2.75, 3.05) is 26.2 Å². The summed E-state index contributed by atoms with van der Waals surface area (Å²) in [5.74, 6) is 0. The molecule has 0 aromatic heterocycles. The van der Waals surface area contributed by atoms with E-state index in [2.05, 4.69) is 36.3 Å². The average molecular weight is 232 g/mol.